The number of aryl methyl sites for hydroxylation is 1. The molecular weight excluding hydrogens is 422 g/mol. The van der Waals surface area contributed by atoms with Crippen LogP contribution in [0.1, 0.15) is 25.3 Å². The number of thiazole rings is 1. The Hall–Kier alpha value is -2.49. The number of carbonyl (C=O) groups excluding carboxylic acids is 1. The number of nitrogens with zero attached hydrogens (tertiary/aromatic N) is 2. The second-order valence-electron chi connectivity index (χ2n) is 7.16. The SMILES string of the molecule is CCOc1ccc2nc(NC(=O)C3CCCN3S(=O)(=O)c3ccc(C)cc3)sc2c1. The van der Waals surface area contributed by atoms with Crippen LogP contribution in [0, 0.1) is 6.92 Å². The van der Waals surface area contributed by atoms with Crippen molar-refractivity contribution in [1.82, 2.24) is 9.29 Å². The molecule has 7 nitrogen and oxygen atoms in total. The summed E-state index contributed by atoms with van der Waals surface area (Å²) < 4.78 is 33.8. The average molecular weight is 446 g/mol. The second-order valence-corrected chi connectivity index (χ2v) is 10.1. The fraction of sp³-hybridized carbons (Fsp3) is 0.333. The van der Waals surface area contributed by atoms with Crippen molar-refractivity contribution in [1.29, 1.82) is 0 Å². The number of benzene rings is 2. The highest BCUT2D eigenvalue weighted by molar-refractivity contribution is 7.89. The van der Waals surface area contributed by atoms with E-state index in [2.05, 4.69) is 10.3 Å². The lowest BCUT2D eigenvalue weighted by Gasteiger charge is -2.23. The van der Waals surface area contributed by atoms with Crippen molar-refractivity contribution >= 4 is 42.6 Å². The predicted molar refractivity (Wildman–Crippen MR) is 118 cm³/mol. The number of anilines is 1. The smallest absolute Gasteiger partial charge is 0.244 e. The zero-order valence-electron chi connectivity index (χ0n) is 16.8. The van der Waals surface area contributed by atoms with E-state index in [-0.39, 0.29) is 10.8 Å². The first kappa shape index (κ1) is 20.8. The zero-order valence-corrected chi connectivity index (χ0v) is 18.4. The molecule has 0 spiro atoms. The van der Waals surface area contributed by atoms with Gasteiger partial charge in [0.2, 0.25) is 15.9 Å². The molecule has 1 N–H and O–H groups in total. The number of rotatable bonds is 6. The van der Waals surface area contributed by atoms with Crippen molar-refractivity contribution in [2.45, 2.75) is 37.6 Å². The van der Waals surface area contributed by atoms with E-state index in [9.17, 15) is 13.2 Å². The molecule has 1 atom stereocenters. The maximum absolute atomic E-state index is 13.1. The Balaban J connectivity index is 1.54. The molecule has 1 saturated heterocycles. The molecule has 1 amide bonds. The molecule has 1 fully saturated rings. The number of hydrogen-bond acceptors (Lipinski definition) is 6. The van der Waals surface area contributed by atoms with Crippen LogP contribution in [0.3, 0.4) is 0 Å². The topological polar surface area (TPSA) is 88.6 Å². The van der Waals surface area contributed by atoms with Gasteiger partial charge < -0.3 is 10.1 Å². The van der Waals surface area contributed by atoms with Crippen molar-refractivity contribution in [2.24, 2.45) is 0 Å². The second kappa shape index (κ2) is 8.33. The van der Waals surface area contributed by atoms with Gasteiger partial charge in [0.05, 0.1) is 21.7 Å². The number of aromatic nitrogens is 1. The summed E-state index contributed by atoms with van der Waals surface area (Å²) in [5.74, 6) is 0.393. The summed E-state index contributed by atoms with van der Waals surface area (Å²) in [6, 6.07) is 11.5. The van der Waals surface area contributed by atoms with Crippen LogP contribution in [0.5, 0.6) is 5.75 Å². The Bertz CT molecular complexity index is 1170. The molecule has 3 aromatic rings. The minimum absolute atomic E-state index is 0.205. The van der Waals surface area contributed by atoms with Crippen LogP contribution < -0.4 is 10.1 Å². The molecule has 9 heteroatoms. The Morgan fingerprint density at radius 1 is 1.27 bits per heavy atom. The third-order valence-electron chi connectivity index (χ3n) is 5.03. The molecule has 0 bridgehead atoms. The third kappa shape index (κ3) is 4.05. The van der Waals surface area contributed by atoms with E-state index < -0.39 is 16.1 Å². The molecule has 1 unspecified atom stereocenters. The number of carbonyl (C=O) groups is 1. The van der Waals surface area contributed by atoms with Crippen LogP contribution in [0.15, 0.2) is 47.4 Å². The third-order valence-corrected chi connectivity index (χ3v) is 7.89. The monoisotopic (exact) mass is 445 g/mol. The molecule has 1 aliphatic rings. The van der Waals surface area contributed by atoms with Gasteiger partial charge in [-0.05, 0) is 57.0 Å². The van der Waals surface area contributed by atoms with Crippen LogP contribution in [-0.4, -0.2) is 42.8 Å². The summed E-state index contributed by atoms with van der Waals surface area (Å²) in [5.41, 5.74) is 1.74. The van der Waals surface area contributed by atoms with Gasteiger partial charge in [-0.2, -0.15) is 4.31 Å². The van der Waals surface area contributed by atoms with Crippen molar-refractivity contribution in [3.63, 3.8) is 0 Å². The highest BCUT2D eigenvalue weighted by Gasteiger charge is 2.39. The number of hydrogen-bond donors (Lipinski definition) is 1. The lowest BCUT2D eigenvalue weighted by atomic mass is 10.2. The molecule has 0 aliphatic carbocycles. The summed E-state index contributed by atoms with van der Waals surface area (Å²) in [6.07, 6.45) is 1.12. The molecular formula is C21H23N3O4S2. The quantitative estimate of drug-likeness (QED) is 0.624. The molecule has 1 aromatic heterocycles. The first-order chi connectivity index (χ1) is 14.4. The summed E-state index contributed by atoms with van der Waals surface area (Å²) in [6.45, 7) is 4.71. The summed E-state index contributed by atoms with van der Waals surface area (Å²) >= 11 is 1.34. The normalized spacial score (nSPS) is 17.3. The van der Waals surface area contributed by atoms with Crippen molar-refractivity contribution in [3.05, 3.63) is 48.0 Å². The van der Waals surface area contributed by atoms with Gasteiger partial charge in [-0.15, -0.1) is 0 Å². The van der Waals surface area contributed by atoms with Gasteiger partial charge in [0, 0.05) is 6.54 Å². The van der Waals surface area contributed by atoms with Gasteiger partial charge in [-0.25, -0.2) is 13.4 Å². The van der Waals surface area contributed by atoms with E-state index in [0.29, 0.717) is 31.1 Å². The van der Waals surface area contributed by atoms with Crippen molar-refractivity contribution < 1.29 is 17.9 Å². The van der Waals surface area contributed by atoms with Gasteiger partial charge in [0.15, 0.2) is 5.13 Å². The van der Waals surface area contributed by atoms with Crippen molar-refractivity contribution in [3.8, 4) is 5.75 Å². The average Bonchev–Trinajstić information content (AvgIpc) is 3.35. The maximum Gasteiger partial charge on any atom is 0.244 e. The summed E-state index contributed by atoms with van der Waals surface area (Å²) in [5, 5.41) is 3.26. The Labute approximate surface area is 179 Å². The van der Waals surface area contributed by atoms with E-state index >= 15 is 0 Å². The van der Waals surface area contributed by atoms with E-state index in [1.807, 2.05) is 32.0 Å². The lowest BCUT2D eigenvalue weighted by molar-refractivity contribution is -0.119. The van der Waals surface area contributed by atoms with E-state index in [1.54, 1.807) is 24.3 Å². The zero-order chi connectivity index (χ0) is 21.3. The molecule has 2 heterocycles. The molecule has 30 heavy (non-hydrogen) atoms. The van der Waals surface area contributed by atoms with Crippen LogP contribution in [0.25, 0.3) is 10.2 Å². The molecule has 0 radical (unpaired) electrons. The fourth-order valence-electron chi connectivity index (χ4n) is 3.54. The largest absolute Gasteiger partial charge is 0.494 e. The van der Waals surface area contributed by atoms with E-state index in [1.165, 1.54) is 15.6 Å². The first-order valence-electron chi connectivity index (χ1n) is 9.81. The van der Waals surface area contributed by atoms with Crippen LogP contribution >= 0.6 is 11.3 Å². The predicted octanol–water partition coefficient (Wildman–Crippen LogP) is 3.80. The fourth-order valence-corrected chi connectivity index (χ4v) is 6.09. The first-order valence-corrected chi connectivity index (χ1v) is 12.1. The van der Waals surface area contributed by atoms with Gasteiger partial charge in [0.25, 0.3) is 0 Å². The van der Waals surface area contributed by atoms with E-state index in [4.69, 9.17) is 4.74 Å². The highest BCUT2D eigenvalue weighted by Crippen LogP contribution is 2.31. The maximum atomic E-state index is 13.1. The van der Waals surface area contributed by atoms with Gasteiger partial charge in [-0.3, -0.25) is 4.79 Å². The number of sulfonamides is 1. The number of fused-ring (bicyclic) bond motifs is 1. The molecule has 0 saturated carbocycles. The van der Waals surface area contributed by atoms with Gasteiger partial charge in [-0.1, -0.05) is 29.0 Å². The Morgan fingerprint density at radius 3 is 2.77 bits per heavy atom. The van der Waals surface area contributed by atoms with Gasteiger partial charge >= 0.3 is 0 Å². The van der Waals surface area contributed by atoms with Crippen LogP contribution in [-0.2, 0) is 14.8 Å². The van der Waals surface area contributed by atoms with Crippen molar-refractivity contribution in [2.75, 3.05) is 18.5 Å². The minimum atomic E-state index is -3.74. The highest BCUT2D eigenvalue weighted by atomic mass is 32.2. The van der Waals surface area contributed by atoms with Crippen LogP contribution in [0.4, 0.5) is 5.13 Å². The number of nitrogens with one attached hydrogen (secondary N) is 1. The lowest BCUT2D eigenvalue weighted by Crippen LogP contribution is -2.43. The molecule has 158 valence electrons. The molecule has 4 rings (SSSR count). The van der Waals surface area contributed by atoms with E-state index in [0.717, 1.165) is 21.5 Å². The Morgan fingerprint density at radius 2 is 2.03 bits per heavy atom. The molecule has 2 aromatic carbocycles. The Kier molecular flexibility index (Phi) is 5.77. The van der Waals surface area contributed by atoms with Crippen LogP contribution in [0.2, 0.25) is 0 Å². The van der Waals surface area contributed by atoms with Gasteiger partial charge in [0.1, 0.15) is 11.8 Å². The number of amides is 1. The molecule has 1 aliphatic heterocycles. The standard InChI is InChI=1S/C21H23N3O4S2/c1-3-28-15-8-11-17-19(13-15)29-21(22-17)23-20(25)18-5-4-12-24(18)30(26,27)16-9-6-14(2)7-10-16/h6-11,13,18H,3-5,12H2,1-2H3,(H,22,23,25). The summed E-state index contributed by atoms with van der Waals surface area (Å²) in [7, 11) is -3.74. The number of ether oxygens (including phenoxy) is 1. The summed E-state index contributed by atoms with van der Waals surface area (Å²) in [4.78, 5) is 17.6. The minimum Gasteiger partial charge on any atom is -0.494 e.